The third kappa shape index (κ3) is 7.71. The molecule has 1 heterocycles. The molecular formula is C16H20FIrN2O2-. The van der Waals surface area contributed by atoms with Crippen molar-refractivity contribution >= 4 is 0 Å². The maximum atomic E-state index is 12.6. The van der Waals surface area contributed by atoms with Crippen LogP contribution in [0.4, 0.5) is 4.39 Å². The maximum Gasteiger partial charge on any atom is 0.0536 e. The zero-order chi connectivity index (χ0) is 15.8. The van der Waals surface area contributed by atoms with Gasteiger partial charge < -0.3 is 15.2 Å². The van der Waals surface area contributed by atoms with Crippen molar-refractivity contribution in [1.82, 2.24) is 9.97 Å². The van der Waals surface area contributed by atoms with Crippen LogP contribution in [0.2, 0.25) is 0 Å². The van der Waals surface area contributed by atoms with Gasteiger partial charge in [-0.05, 0) is 27.2 Å². The van der Waals surface area contributed by atoms with Crippen molar-refractivity contribution in [3.8, 4) is 11.3 Å². The molecule has 0 saturated carbocycles. The molecule has 2 aromatic rings. The van der Waals surface area contributed by atoms with E-state index < -0.39 is 0 Å². The molecule has 0 spiro atoms. The molecule has 1 radical (unpaired) electrons. The summed E-state index contributed by atoms with van der Waals surface area (Å²) in [6.07, 6.45) is 2.96. The van der Waals surface area contributed by atoms with E-state index in [2.05, 4.69) is 16.0 Å². The summed E-state index contributed by atoms with van der Waals surface area (Å²) in [6.45, 7) is 5.18. The standard InChI is InChI=1S/C11H8FN2.C5H12O2.Ir/c1-8-11(14-7-6-13-8)9-2-4-10(12)5-3-9;1-4(6)3-5(2)7;/h2,4-7H,1H3;4-7H,3H2,1-2H3;/q-1;;. The zero-order valence-electron chi connectivity index (χ0n) is 12.7. The van der Waals surface area contributed by atoms with E-state index in [1.54, 1.807) is 32.3 Å². The maximum absolute atomic E-state index is 12.6. The number of aromatic nitrogens is 2. The van der Waals surface area contributed by atoms with Crippen LogP contribution >= 0.6 is 0 Å². The van der Waals surface area contributed by atoms with Crippen LogP contribution in [0.3, 0.4) is 0 Å². The minimum Gasteiger partial charge on any atom is -0.393 e. The average Bonchev–Trinajstić information content (AvgIpc) is 2.39. The van der Waals surface area contributed by atoms with Crippen LogP contribution in [0.1, 0.15) is 26.0 Å². The molecule has 0 aliphatic heterocycles. The Morgan fingerprint density at radius 2 is 1.73 bits per heavy atom. The molecule has 2 unspecified atom stereocenters. The summed E-state index contributed by atoms with van der Waals surface area (Å²) in [5.41, 5.74) is 2.32. The predicted molar refractivity (Wildman–Crippen MR) is 79.0 cm³/mol. The summed E-state index contributed by atoms with van der Waals surface area (Å²) in [5, 5.41) is 17.1. The number of halogens is 1. The zero-order valence-corrected chi connectivity index (χ0v) is 15.1. The van der Waals surface area contributed by atoms with Crippen molar-refractivity contribution < 1.29 is 34.7 Å². The fourth-order valence-corrected chi connectivity index (χ4v) is 1.72. The number of benzene rings is 1. The van der Waals surface area contributed by atoms with Gasteiger partial charge in [0, 0.05) is 49.7 Å². The molecule has 6 heteroatoms. The number of hydrogen-bond donors (Lipinski definition) is 2. The fraction of sp³-hybridized carbons (Fsp3) is 0.375. The van der Waals surface area contributed by atoms with Crippen LogP contribution in [0.5, 0.6) is 0 Å². The number of rotatable bonds is 3. The number of aryl methyl sites for hydroxylation is 1. The van der Waals surface area contributed by atoms with Crippen molar-refractivity contribution in [1.29, 1.82) is 0 Å². The van der Waals surface area contributed by atoms with Gasteiger partial charge in [-0.15, -0.1) is 29.8 Å². The smallest absolute Gasteiger partial charge is 0.0536 e. The van der Waals surface area contributed by atoms with Crippen molar-refractivity contribution in [2.24, 2.45) is 0 Å². The Morgan fingerprint density at radius 3 is 2.14 bits per heavy atom. The third-order valence-corrected chi connectivity index (χ3v) is 2.59. The first-order chi connectivity index (χ1) is 9.90. The molecule has 1 aromatic carbocycles. The number of nitrogens with zero attached hydrogens (tertiary/aromatic N) is 2. The number of aliphatic hydroxyl groups is 2. The molecule has 22 heavy (non-hydrogen) atoms. The summed E-state index contributed by atoms with van der Waals surface area (Å²) >= 11 is 0. The van der Waals surface area contributed by atoms with Crippen molar-refractivity contribution in [2.75, 3.05) is 0 Å². The van der Waals surface area contributed by atoms with Gasteiger partial charge in [0.15, 0.2) is 0 Å². The molecule has 2 N–H and O–H groups in total. The molecule has 0 bridgehead atoms. The number of hydrogen-bond acceptors (Lipinski definition) is 4. The van der Waals surface area contributed by atoms with Gasteiger partial charge in [0.05, 0.1) is 12.2 Å². The Morgan fingerprint density at radius 1 is 1.14 bits per heavy atom. The molecule has 4 nitrogen and oxygen atoms in total. The second-order valence-corrected chi connectivity index (χ2v) is 4.84. The summed E-state index contributed by atoms with van der Waals surface area (Å²) < 4.78 is 12.6. The van der Waals surface area contributed by atoms with Crippen molar-refractivity contribution in [2.45, 2.75) is 39.4 Å². The first-order valence-electron chi connectivity index (χ1n) is 6.71. The SMILES string of the molecule is CC(O)CC(C)O.Cc1nccnc1-c1[c-]cc(F)cc1.[Ir]. The average molecular weight is 484 g/mol. The van der Waals surface area contributed by atoms with Crippen molar-refractivity contribution in [3.05, 3.63) is 48.2 Å². The van der Waals surface area contributed by atoms with Gasteiger partial charge >= 0.3 is 0 Å². The molecule has 2 atom stereocenters. The monoisotopic (exact) mass is 484 g/mol. The minimum atomic E-state index is -0.375. The first-order valence-corrected chi connectivity index (χ1v) is 6.71. The summed E-state index contributed by atoms with van der Waals surface area (Å²) in [5.74, 6) is -0.296. The van der Waals surface area contributed by atoms with E-state index in [0.29, 0.717) is 6.42 Å². The molecule has 123 valence electrons. The molecule has 2 rings (SSSR count). The van der Waals surface area contributed by atoms with Crippen LogP contribution in [0.15, 0.2) is 30.6 Å². The largest absolute Gasteiger partial charge is 0.393 e. The number of aliphatic hydroxyl groups excluding tert-OH is 2. The summed E-state index contributed by atoms with van der Waals surface area (Å²) in [4.78, 5) is 8.26. The molecule has 0 aliphatic carbocycles. The normalized spacial score (nSPS) is 12.5. The molecular weight excluding hydrogens is 463 g/mol. The van der Waals surface area contributed by atoms with Gasteiger partial charge in [0.1, 0.15) is 0 Å². The Kier molecular flexibility index (Phi) is 9.94. The van der Waals surface area contributed by atoms with E-state index in [1.807, 2.05) is 6.92 Å². The van der Waals surface area contributed by atoms with Gasteiger partial charge in [-0.1, -0.05) is 0 Å². The first kappa shape index (κ1) is 20.8. The van der Waals surface area contributed by atoms with Crippen LogP contribution < -0.4 is 0 Å². The van der Waals surface area contributed by atoms with E-state index >= 15 is 0 Å². The Labute approximate surface area is 143 Å². The minimum absolute atomic E-state index is 0. The topological polar surface area (TPSA) is 66.2 Å². The molecule has 1 aromatic heterocycles. The van der Waals surface area contributed by atoms with E-state index in [1.165, 1.54) is 12.1 Å². The quantitative estimate of drug-likeness (QED) is 0.659. The van der Waals surface area contributed by atoms with Crippen LogP contribution in [-0.2, 0) is 20.1 Å². The Balaban J connectivity index is 0.000000478. The van der Waals surface area contributed by atoms with E-state index in [9.17, 15) is 4.39 Å². The van der Waals surface area contributed by atoms with E-state index in [-0.39, 0.29) is 38.1 Å². The van der Waals surface area contributed by atoms with Gasteiger partial charge in [-0.2, -0.15) is 0 Å². The van der Waals surface area contributed by atoms with Gasteiger partial charge in [-0.3, -0.25) is 9.37 Å². The fourth-order valence-electron chi connectivity index (χ4n) is 1.72. The third-order valence-electron chi connectivity index (χ3n) is 2.59. The summed E-state index contributed by atoms with van der Waals surface area (Å²) in [7, 11) is 0. The van der Waals surface area contributed by atoms with Gasteiger partial charge in [-0.25, -0.2) is 0 Å². The summed E-state index contributed by atoms with van der Waals surface area (Å²) in [6, 6.07) is 7.15. The van der Waals surface area contributed by atoms with Gasteiger partial charge in [0.25, 0.3) is 0 Å². The second-order valence-electron chi connectivity index (χ2n) is 4.84. The molecule has 0 amide bonds. The second kappa shape index (κ2) is 10.5. The molecule has 0 fully saturated rings. The van der Waals surface area contributed by atoms with Crippen LogP contribution in [-0.4, -0.2) is 32.4 Å². The van der Waals surface area contributed by atoms with E-state index in [4.69, 9.17) is 10.2 Å². The van der Waals surface area contributed by atoms with Crippen molar-refractivity contribution in [3.63, 3.8) is 0 Å². The Bertz CT molecular complexity index is 542. The van der Waals surface area contributed by atoms with E-state index in [0.717, 1.165) is 17.0 Å². The predicted octanol–water partition coefficient (Wildman–Crippen LogP) is 2.53. The van der Waals surface area contributed by atoms with Crippen LogP contribution in [0, 0.1) is 18.8 Å². The van der Waals surface area contributed by atoms with Crippen LogP contribution in [0.25, 0.3) is 11.3 Å². The Hall–Kier alpha value is -1.20. The molecule has 0 saturated heterocycles. The van der Waals surface area contributed by atoms with Gasteiger partial charge in [0.2, 0.25) is 0 Å². The molecule has 0 aliphatic rings.